The highest BCUT2D eigenvalue weighted by atomic mass is 19.1. The van der Waals surface area contributed by atoms with Gasteiger partial charge in [-0.05, 0) is 38.5 Å². The van der Waals surface area contributed by atoms with E-state index in [1.165, 1.54) is 6.07 Å². The molecule has 4 nitrogen and oxygen atoms in total. The largest absolute Gasteiger partial charge is 0.444 e. The summed E-state index contributed by atoms with van der Waals surface area (Å²) in [6, 6.07) is 7.03. The van der Waals surface area contributed by atoms with Gasteiger partial charge in [0, 0.05) is 36.7 Å². The molecule has 0 radical (unpaired) electrons. The van der Waals surface area contributed by atoms with Crippen LogP contribution in [-0.2, 0) is 4.74 Å². The molecule has 22 heavy (non-hydrogen) atoms. The minimum atomic E-state index is -0.512. The van der Waals surface area contributed by atoms with E-state index in [4.69, 9.17) is 4.74 Å². The third-order valence-electron chi connectivity index (χ3n) is 3.69. The fourth-order valence-electron chi connectivity index (χ4n) is 2.58. The highest BCUT2D eigenvalue weighted by Crippen LogP contribution is 2.32. The Morgan fingerprint density at radius 2 is 2.09 bits per heavy atom. The molecule has 1 amide bonds. The van der Waals surface area contributed by atoms with Crippen LogP contribution in [0.25, 0.3) is 10.9 Å². The molecule has 0 unspecified atom stereocenters. The van der Waals surface area contributed by atoms with Gasteiger partial charge >= 0.3 is 6.09 Å². The highest BCUT2D eigenvalue weighted by Gasteiger charge is 2.35. The van der Waals surface area contributed by atoms with Crippen molar-refractivity contribution in [3.05, 3.63) is 41.8 Å². The molecule has 5 heteroatoms. The van der Waals surface area contributed by atoms with Crippen LogP contribution in [0.5, 0.6) is 0 Å². The first-order chi connectivity index (χ1) is 10.3. The highest BCUT2D eigenvalue weighted by molar-refractivity contribution is 5.79. The number of rotatable bonds is 1. The quantitative estimate of drug-likeness (QED) is 0.806. The molecule has 1 aliphatic rings. The smallest absolute Gasteiger partial charge is 0.410 e. The predicted octanol–water partition coefficient (Wildman–Crippen LogP) is 3.71. The summed E-state index contributed by atoms with van der Waals surface area (Å²) >= 11 is 0. The Hall–Kier alpha value is -2.17. The molecule has 0 atom stereocenters. The van der Waals surface area contributed by atoms with Gasteiger partial charge in [-0.25, -0.2) is 9.18 Å². The summed E-state index contributed by atoms with van der Waals surface area (Å²) in [4.78, 5) is 17.7. The maximum atomic E-state index is 14.2. The topological polar surface area (TPSA) is 42.4 Å². The zero-order valence-corrected chi connectivity index (χ0v) is 13.0. The van der Waals surface area contributed by atoms with Crippen molar-refractivity contribution in [2.75, 3.05) is 13.1 Å². The van der Waals surface area contributed by atoms with Crippen molar-refractivity contribution in [1.29, 1.82) is 0 Å². The van der Waals surface area contributed by atoms with E-state index in [9.17, 15) is 9.18 Å². The number of carbonyl (C=O) groups excluding carboxylic acids is 1. The van der Waals surface area contributed by atoms with Gasteiger partial charge in [0.05, 0.1) is 5.52 Å². The van der Waals surface area contributed by atoms with Crippen molar-refractivity contribution in [3.63, 3.8) is 0 Å². The number of fused-ring (bicyclic) bond motifs is 1. The molecule has 0 aliphatic carbocycles. The Balaban J connectivity index is 1.73. The Labute approximate surface area is 128 Å². The lowest BCUT2D eigenvalue weighted by Gasteiger charge is -2.40. The summed E-state index contributed by atoms with van der Waals surface area (Å²) in [6.07, 6.45) is 1.31. The van der Waals surface area contributed by atoms with E-state index < -0.39 is 5.60 Å². The molecular weight excluding hydrogens is 283 g/mol. The number of amides is 1. The zero-order valence-electron chi connectivity index (χ0n) is 13.0. The fourth-order valence-corrected chi connectivity index (χ4v) is 2.58. The standard InChI is InChI=1S/C17H19FN2O2/c1-17(2,3)22-16(21)20-9-12(10-20)13-7-11-5-4-6-19-15(11)8-14(13)18/h4-8,12H,9-10H2,1-3H3. The summed E-state index contributed by atoms with van der Waals surface area (Å²) < 4.78 is 19.5. The van der Waals surface area contributed by atoms with Crippen LogP contribution in [0.4, 0.5) is 9.18 Å². The normalized spacial score (nSPS) is 15.7. The Morgan fingerprint density at radius 3 is 2.77 bits per heavy atom. The number of hydrogen-bond acceptors (Lipinski definition) is 3. The summed E-state index contributed by atoms with van der Waals surface area (Å²) in [5.74, 6) is -0.253. The second kappa shape index (κ2) is 5.23. The number of aromatic nitrogens is 1. The minimum absolute atomic E-state index is 0.0112. The van der Waals surface area contributed by atoms with E-state index in [0.29, 0.717) is 24.2 Å². The van der Waals surface area contributed by atoms with Crippen LogP contribution in [-0.4, -0.2) is 34.7 Å². The van der Waals surface area contributed by atoms with Crippen LogP contribution >= 0.6 is 0 Å². The molecular formula is C17H19FN2O2. The van der Waals surface area contributed by atoms with Crippen LogP contribution in [0.1, 0.15) is 32.3 Å². The second-order valence-corrected chi connectivity index (χ2v) is 6.65. The number of pyridine rings is 1. The van der Waals surface area contributed by atoms with Crippen LogP contribution < -0.4 is 0 Å². The predicted molar refractivity (Wildman–Crippen MR) is 82.2 cm³/mol. The van der Waals surface area contributed by atoms with Gasteiger partial charge in [-0.15, -0.1) is 0 Å². The van der Waals surface area contributed by atoms with Gasteiger partial charge in [-0.2, -0.15) is 0 Å². The average molecular weight is 302 g/mol. The first-order valence-corrected chi connectivity index (χ1v) is 7.35. The molecule has 0 spiro atoms. The maximum Gasteiger partial charge on any atom is 0.410 e. The summed E-state index contributed by atoms with van der Waals surface area (Å²) in [6.45, 7) is 6.46. The monoisotopic (exact) mass is 302 g/mol. The van der Waals surface area contributed by atoms with Crippen LogP contribution in [0.3, 0.4) is 0 Å². The van der Waals surface area contributed by atoms with Gasteiger partial charge in [0.2, 0.25) is 0 Å². The number of benzene rings is 1. The molecule has 1 aliphatic heterocycles. The fraction of sp³-hybridized carbons (Fsp3) is 0.412. The molecule has 2 aromatic rings. The average Bonchev–Trinajstić information content (AvgIpc) is 2.35. The first-order valence-electron chi connectivity index (χ1n) is 7.35. The van der Waals surface area contributed by atoms with Gasteiger partial charge < -0.3 is 9.64 Å². The Morgan fingerprint density at radius 1 is 1.36 bits per heavy atom. The van der Waals surface area contributed by atoms with Gasteiger partial charge in [-0.1, -0.05) is 6.07 Å². The SMILES string of the molecule is CC(C)(C)OC(=O)N1CC(c2cc3cccnc3cc2F)C1. The van der Waals surface area contributed by atoms with Crippen LogP contribution in [0, 0.1) is 5.82 Å². The lowest BCUT2D eigenvalue weighted by atomic mass is 9.90. The van der Waals surface area contributed by atoms with Gasteiger partial charge in [0.25, 0.3) is 0 Å². The number of ether oxygens (including phenoxy) is 1. The minimum Gasteiger partial charge on any atom is -0.444 e. The molecule has 1 fully saturated rings. The van der Waals surface area contributed by atoms with E-state index >= 15 is 0 Å². The van der Waals surface area contributed by atoms with Crippen molar-refractivity contribution in [2.24, 2.45) is 0 Å². The summed E-state index contributed by atoms with van der Waals surface area (Å²) in [5.41, 5.74) is 0.773. The van der Waals surface area contributed by atoms with Crippen molar-refractivity contribution < 1.29 is 13.9 Å². The maximum absolute atomic E-state index is 14.2. The van der Waals surface area contributed by atoms with Crippen molar-refractivity contribution in [1.82, 2.24) is 9.88 Å². The third-order valence-corrected chi connectivity index (χ3v) is 3.69. The van der Waals surface area contributed by atoms with Crippen molar-refractivity contribution >= 4 is 17.0 Å². The third kappa shape index (κ3) is 2.89. The molecule has 3 rings (SSSR count). The number of nitrogens with zero attached hydrogens (tertiary/aromatic N) is 2. The molecule has 116 valence electrons. The van der Waals surface area contributed by atoms with Crippen molar-refractivity contribution in [2.45, 2.75) is 32.3 Å². The lowest BCUT2D eigenvalue weighted by molar-refractivity contribution is 0.00792. The molecule has 0 bridgehead atoms. The number of likely N-dealkylation sites (tertiary alicyclic amines) is 1. The van der Waals surface area contributed by atoms with E-state index in [2.05, 4.69) is 4.98 Å². The van der Waals surface area contributed by atoms with Crippen LogP contribution in [0.2, 0.25) is 0 Å². The molecule has 0 N–H and O–H groups in total. The lowest BCUT2D eigenvalue weighted by Crippen LogP contribution is -2.50. The van der Waals surface area contributed by atoms with E-state index in [-0.39, 0.29) is 17.8 Å². The van der Waals surface area contributed by atoms with Gasteiger partial charge in [-0.3, -0.25) is 4.98 Å². The van der Waals surface area contributed by atoms with E-state index in [0.717, 1.165) is 5.39 Å². The molecule has 0 saturated carbocycles. The molecule has 1 aromatic heterocycles. The summed E-state index contributed by atoms with van der Waals surface area (Å²) in [5, 5.41) is 0.912. The van der Waals surface area contributed by atoms with Gasteiger partial charge in [0.15, 0.2) is 0 Å². The number of hydrogen-bond donors (Lipinski definition) is 0. The molecule has 1 aromatic carbocycles. The van der Waals surface area contributed by atoms with E-state index in [1.807, 2.05) is 39.0 Å². The Kier molecular flexibility index (Phi) is 3.51. The Bertz CT molecular complexity index is 718. The van der Waals surface area contributed by atoms with Crippen LogP contribution in [0.15, 0.2) is 30.5 Å². The molecule has 2 heterocycles. The molecule has 1 saturated heterocycles. The van der Waals surface area contributed by atoms with Gasteiger partial charge in [0.1, 0.15) is 11.4 Å². The van der Waals surface area contributed by atoms with Crippen molar-refractivity contribution in [3.8, 4) is 0 Å². The summed E-state index contributed by atoms with van der Waals surface area (Å²) in [7, 11) is 0. The number of carbonyl (C=O) groups is 1. The zero-order chi connectivity index (χ0) is 15.9. The number of halogens is 1. The second-order valence-electron chi connectivity index (χ2n) is 6.65. The first kappa shape index (κ1) is 14.8. The van der Waals surface area contributed by atoms with E-state index in [1.54, 1.807) is 11.1 Å².